The van der Waals surface area contributed by atoms with Gasteiger partial charge in [0.2, 0.25) is 5.91 Å². The maximum absolute atomic E-state index is 13.0. The maximum Gasteiger partial charge on any atom is 0.320 e. The summed E-state index contributed by atoms with van der Waals surface area (Å²) in [6.45, 7) is 4.23. The summed E-state index contributed by atoms with van der Waals surface area (Å²) in [4.78, 5) is 27.6. The Morgan fingerprint density at radius 1 is 1.17 bits per heavy atom. The van der Waals surface area contributed by atoms with Crippen molar-refractivity contribution in [2.24, 2.45) is 0 Å². The molecule has 6 heteroatoms. The van der Waals surface area contributed by atoms with E-state index in [1.54, 1.807) is 24.0 Å². The molecule has 0 radical (unpaired) electrons. The first-order valence-corrected chi connectivity index (χ1v) is 7.98. The molecule has 0 spiro atoms. The van der Waals surface area contributed by atoms with Gasteiger partial charge in [0.15, 0.2) is 0 Å². The Bertz CT molecular complexity index is 527. The van der Waals surface area contributed by atoms with Crippen LogP contribution in [-0.2, 0) is 20.9 Å². The lowest BCUT2D eigenvalue weighted by Crippen LogP contribution is -2.41. The van der Waals surface area contributed by atoms with Gasteiger partial charge >= 0.3 is 5.97 Å². The van der Waals surface area contributed by atoms with Gasteiger partial charge in [-0.25, -0.2) is 4.39 Å². The SMILES string of the molecule is CCOC(=O)CN(CC(=O)N1CCCC1)Cc1ccc(F)cc1. The average Bonchev–Trinajstić information content (AvgIpc) is 3.04. The molecule has 1 saturated heterocycles. The van der Waals surface area contributed by atoms with Crippen LogP contribution in [0, 0.1) is 5.82 Å². The van der Waals surface area contributed by atoms with Gasteiger partial charge in [0.1, 0.15) is 5.82 Å². The average molecular weight is 322 g/mol. The molecule has 0 aliphatic carbocycles. The standard InChI is InChI=1S/C17H23FN2O3/c1-2-23-17(22)13-19(11-14-5-7-15(18)8-6-14)12-16(21)20-9-3-4-10-20/h5-8H,2-4,9-13H2,1H3. The number of likely N-dealkylation sites (tertiary alicyclic amines) is 1. The van der Waals surface area contributed by atoms with Crippen LogP contribution in [0.4, 0.5) is 4.39 Å². The number of carbonyl (C=O) groups is 2. The van der Waals surface area contributed by atoms with Gasteiger partial charge in [-0.1, -0.05) is 12.1 Å². The van der Waals surface area contributed by atoms with Crippen molar-refractivity contribution in [1.29, 1.82) is 0 Å². The number of nitrogens with zero attached hydrogens (tertiary/aromatic N) is 2. The first-order chi connectivity index (χ1) is 11.1. The van der Waals surface area contributed by atoms with Gasteiger partial charge in [-0.3, -0.25) is 14.5 Å². The second-order valence-corrected chi connectivity index (χ2v) is 5.66. The van der Waals surface area contributed by atoms with Gasteiger partial charge in [-0.05, 0) is 37.5 Å². The van der Waals surface area contributed by atoms with Crippen molar-refractivity contribution < 1.29 is 18.7 Å². The summed E-state index contributed by atoms with van der Waals surface area (Å²) in [7, 11) is 0. The fourth-order valence-electron chi connectivity index (χ4n) is 2.66. The van der Waals surface area contributed by atoms with Crippen LogP contribution >= 0.6 is 0 Å². The summed E-state index contributed by atoms with van der Waals surface area (Å²) >= 11 is 0. The molecule has 1 heterocycles. The number of rotatable bonds is 7. The Morgan fingerprint density at radius 3 is 2.43 bits per heavy atom. The minimum Gasteiger partial charge on any atom is -0.465 e. The molecule has 0 N–H and O–H groups in total. The molecule has 0 atom stereocenters. The highest BCUT2D eigenvalue weighted by Gasteiger charge is 2.22. The molecule has 1 aromatic rings. The first kappa shape index (κ1) is 17.4. The molecule has 1 fully saturated rings. The van der Waals surface area contributed by atoms with Crippen molar-refractivity contribution in [2.75, 3.05) is 32.8 Å². The molecule has 5 nitrogen and oxygen atoms in total. The number of amides is 1. The lowest BCUT2D eigenvalue weighted by atomic mass is 10.2. The van der Waals surface area contributed by atoms with Crippen LogP contribution in [0.5, 0.6) is 0 Å². The molecule has 23 heavy (non-hydrogen) atoms. The van der Waals surface area contributed by atoms with E-state index in [9.17, 15) is 14.0 Å². The van der Waals surface area contributed by atoms with E-state index in [1.165, 1.54) is 12.1 Å². The predicted octanol–water partition coefficient (Wildman–Crippen LogP) is 1.81. The van der Waals surface area contributed by atoms with Gasteiger partial charge < -0.3 is 9.64 Å². The van der Waals surface area contributed by atoms with Crippen molar-refractivity contribution in [1.82, 2.24) is 9.80 Å². The predicted molar refractivity (Wildman–Crippen MR) is 84.1 cm³/mol. The summed E-state index contributed by atoms with van der Waals surface area (Å²) in [5.74, 6) is -0.642. The van der Waals surface area contributed by atoms with E-state index in [-0.39, 0.29) is 30.8 Å². The molecule has 0 bridgehead atoms. The highest BCUT2D eigenvalue weighted by Crippen LogP contribution is 2.11. The van der Waals surface area contributed by atoms with Crippen molar-refractivity contribution in [3.63, 3.8) is 0 Å². The van der Waals surface area contributed by atoms with Crippen LogP contribution in [0.15, 0.2) is 24.3 Å². The zero-order chi connectivity index (χ0) is 16.7. The summed E-state index contributed by atoms with van der Waals surface area (Å²) in [5.41, 5.74) is 0.852. The van der Waals surface area contributed by atoms with Crippen LogP contribution in [0.1, 0.15) is 25.3 Å². The normalized spacial score (nSPS) is 14.3. The van der Waals surface area contributed by atoms with E-state index in [4.69, 9.17) is 4.74 Å². The number of hydrogen-bond donors (Lipinski definition) is 0. The van der Waals surface area contributed by atoms with Crippen LogP contribution in [-0.4, -0.2) is 54.5 Å². The fraction of sp³-hybridized carbons (Fsp3) is 0.529. The lowest BCUT2D eigenvalue weighted by Gasteiger charge is -2.24. The highest BCUT2D eigenvalue weighted by molar-refractivity contribution is 5.79. The second-order valence-electron chi connectivity index (χ2n) is 5.66. The van der Waals surface area contributed by atoms with Crippen molar-refractivity contribution in [3.8, 4) is 0 Å². The summed E-state index contributed by atoms with van der Waals surface area (Å²) in [6, 6.07) is 6.07. The minimum absolute atomic E-state index is 0.0221. The van der Waals surface area contributed by atoms with Gasteiger partial charge in [-0.15, -0.1) is 0 Å². The van der Waals surface area contributed by atoms with E-state index in [0.717, 1.165) is 31.5 Å². The third-order valence-corrected chi connectivity index (χ3v) is 3.80. The molecule has 1 aromatic carbocycles. The molecule has 1 aliphatic heterocycles. The van der Waals surface area contributed by atoms with E-state index in [1.807, 2.05) is 4.90 Å². The molecule has 0 aromatic heterocycles. The summed E-state index contributed by atoms with van der Waals surface area (Å²) < 4.78 is 18.0. The number of esters is 1. The van der Waals surface area contributed by atoms with Gasteiger partial charge in [0.05, 0.1) is 19.7 Å². The maximum atomic E-state index is 13.0. The minimum atomic E-state index is -0.358. The Balaban J connectivity index is 1.99. The Morgan fingerprint density at radius 2 is 1.83 bits per heavy atom. The van der Waals surface area contributed by atoms with E-state index >= 15 is 0 Å². The van der Waals surface area contributed by atoms with Crippen LogP contribution in [0.2, 0.25) is 0 Å². The highest BCUT2D eigenvalue weighted by atomic mass is 19.1. The van der Waals surface area contributed by atoms with E-state index in [2.05, 4.69) is 0 Å². The topological polar surface area (TPSA) is 49.9 Å². The summed E-state index contributed by atoms with van der Waals surface area (Å²) in [5, 5.41) is 0. The smallest absolute Gasteiger partial charge is 0.320 e. The monoisotopic (exact) mass is 322 g/mol. The fourth-order valence-corrected chi connectivity index (χ4v) is 2.66. The quantitative estimate of drug-likeness (QED) is 0.719. The third kappa shape index (κ3) is 5.63. The summed E-state index contributed by atoms with van der Waals surface area (Å²) in [6.07, 6.45) is 2.06. The molecule has 0 saturated carbocycles. The lowest BCUT2D eigenvalue weighted by molar-refractivity contribution is -0.145. The Labute approximate surface area is 136 Å². The van der Waals surface area contributed by atoms with Crippen molar-refractivity contribution in [3.05, 3.63) is 35.6 Å². The van der Waals surface area contributed by atoms with E-state index in [0.29, 0.717) is 13.2 Å². The molecular weight excluding hydrogens is 299 g/mol. The molecule has 1 amide bonds. The molecular formula is C17H23FN2O3. The van der Waals surface area contributed by atoms with Crippen molar-refractivity contribution in [2.45, 2.75) is 26.3 Å². The largest absolute Gasteiger partial charge is 0.465 e. The molecule has 1 aliphatic rings. The number of hydrogen-bond acceptors (Lipinski definition) is 4. The Kier molecular flexibility index (Phi) is 6.52. The molecule has 0 unspecified atom stereocenters. The van der Waals surface area contributed by atoms with E-state index < -0.39 is 0 Å². The second kappa shape index (κ2) is 8.62. The Hall–Kier alpha value is -1.95. The molecule has 2 rings (SSSR count). The number of carbonyl (C=O) groups excluding carboxylic acids is 2. The first-order valence-electron chi connectivity index (χ1n) is 7.98. The number of benzene rings is 1. The number of halogens is 1. The number of ether oxygens (including phenoxy) is 1. The third-order valence-electron chi connectivity index (χ3n) is 3.80. The van der Waals surface area contributed by atoms with Crippen LogP contribution in [0.25, 0.3) is 0 Å². The van der Waals surface area contributed by atoms with Gasteiger partial charge in [0.25, 0.3) is 0 Å². The molecule has 126 valence electrons. The van der Waals surface area contributed by atoms with Crippen molar-refractivity contribution >= 4 is 11.9 Å². The van der Waals surface area contributed by atoms with Crippen LogP contribution in [0.3, 0.4) is 0 Å². The van der Waals surface area contributed by atoms with Gasteiger partial charge in [-0.2, -0.15) is 0 Å². The van der Waals surface area contributed by atoms with Crippen LogP contribution < -0.4 is 0 Å². The zero-order valence-corrected chi connectivity index (χ0v) is 13.5. The zero-order valence-electron chi connectivity index (χ0n) is 13.5. The van der Waals surface area contributed by atoms with Gasteiger partial charge in [0, 0.05) is 19.6 Å².